The van der Waals surface area contributed by atoms with Crippen LogP contribution in [-0.4, -0.2) is 26.8 Å². The second-order valence-corrected chi connectivity index (χ2v) is 7.43. The second kappa shape index (κ2) is 9.37. The van der Waals surface area contributed by atoms with Gasteiger partial charge in [0.2, 0.25) is 5.82 Å². The van der Waals surface area contributed by atoms with Crippen molar-refractivity contribution in [3.05, 3.63) is 95.5 Å². The van der Waals surface area contributed by atoms with Gasteiger partial charge >= 0.3 is 6.18 Å². The van der Waals surface area contributed by atoms with Crippen molar-refractivity contribution in [2.75, 3.05) is 10.6 Å². The fraction of sp³-hybridized carbons (Fsp3) is 0.0833. The molecule has 0 bridgehead atoms. The minimum atomic E-state index is -4.86. The molecule has 2 aromatic heterocycles. The van der Waals surface area contributed by atoms with E-state index in [2.05, 4.69) is 15.3 Å². The van der Waals surface area contributed by atoms with Crippen LogP contribution in [0.1, 0.15) is 32.2 Å². The van der Waals surface area contributed by atoms with E-state index in [-0.39, 0.29) is 28.2 Å². The lowest BCUT2D eigenvalue weighted by molar-refractivity contribution is -0.144. The van der Waals surface area contributed by atoms with E-state index >= 15 is 0 Å². The van der Waals surface area contributed by atoms with Crippen LogP contribution in [0.2, 0.25) is 1.41 Å². The molecule has 3 N–H and O–H groups in total. The Balaban J connectivity index is 1.65. The minimum Gasteiger partial charge on any atom is -0.330 e. The standard InChI is InChI=1S/C24H17F4N5O2/c1-13-4-9-17(11-18(13)31-21(34)15-3-2-10-29-12-15)30-22(35)20-19(14-5-7-16(25)8-6-14)32-23(33-20)24(26,27)28/h2-12H,1H3,(H,30,35)(H,31,34)(H,32,33)/i/hD. The molecule has 11 heteroatoms. The number of hydrogen-bond donors (Lipinski definition) is 3. The first-order valence-electron chi connectivity index (χ1n) is 10.6. The number of benzene rings is 2. The number of hydrogen-bond acceptors (Lipinski definition) is 4. The molecule has 4 rings (SSSR count). The molecule has 0 atom stereocenters. The van der Waals surface area contributed by atoms with E-state index in [4.69, 9.17) is 1.41 Å². The zero-order valence-corrected chi connectivity index (χ0v) is 18.0. The van der Waals surface area contributed by atoms with Gasteiger partial charge in [0.05, 0.1) is 5.56 Å². The number of pyridine rings is 1. The molecule has 2 aromatic carbocycles. The van der Waals surface area contributed by atoms with Crippen molar-refractivity contribution >= 4 is 23.2 Å². The lowest BCUT2D eigenvalue weighted by Gasteiger charge is -2.12. The number of anilines is 2. The molecule has 7 nitrogen and oxygen atoms in total. The van der Waals surface area contributed by atoms with Crippen molar-refractivity contribution < 1.29 is 28.6 Å². The maximum atomic E-state index is 13.3. The first-order chi connectivity index (χ1) is 17.0. The van der Waals surface area contributed by atoms with Gasteiger partial charge in [-0.05, 0) is 61.0 Å². The summed E-state index contributed by atoms with van der Waals surface area (Å²) in [6, 6.07) is 11.9. The number of imidazole rings is 1. The molecule has 0 fully saturated rings. The lowest BCUT2D eigenvalue weighted by Crippen LogP contribution is -2.16. The average Bonchev–Trinajstić information content (AvgIpc) is 3.32. The molecule has 0 unspecified atom stereocenters. The highest BCUT2D eigenvalue weighted by molar-refractivity contribution is 6.08. The summed E-state index contributed by atoms with van der Waals surface area (Å²) in [7, 11) is 0. The molecule has 0 aliphatic heterocycles. The Labute approximate surface area is 197 Å². The van der Waals surface area contributed by atoms with E-state index in [1.54, 1.807) is 13.0 Å². The molecule has 0 aliphatic carbocycles. The van der Waals surface area contributed by atoms with Crippen molar-refractivity contribution in [3.63, 3.8) is 0 Å². The normalized spacial score (nSPS) is 11.6. The van der Waals surface area contributed by atoms with E-state index in [0.717, 1.165) is 12.1 Å². The fourth-order valence-electron chi connectivity index (χ4n) is 3.15. The second-order valence-electron chi connectivity index (χ2n) is 7.43. The number of aromatic nitrogens is 3. The lowest BCUT2D eigenvalue weighted by atomic mass is 10.1. The third kappa shape index (κ3) is 5.35. The minimum absolute atomic E-state index is 0.0947. The highest BCUT2D eigenvalue weighted by atomic mass is 19.4. The van der Waals surface area contributed by atoms with Crippen LogP contribution in [0.3, 0.4) is 0 Å². The largest absolute Gasteiger partial charge is 0.449 e. The number of alkyl halides is 3. The van der Waals surface area contributed by atoms with Gasteiger partial charge in [-0.25, -0.2) is 9.37 Å². The summed E-state index contributed by atoms with van der Waals surface area (Å²) < 4.78 is 61.5. The zero-order chi connectivity index (χ0) is 26.0. The molecule has 2 amide bonds. The Bertz CT molecular complexity index is 1420. The van der Waals surface area contributed by atoms with Gasteiger partial charge in [-0.3, -0.25) is 14.6 Å². The predicted molar refractivity (Wildman–Crippen MR) is 120 cm³/mol. The Kier molecular flexibility index (Phi) is 5.96. The molecule has 0 saturated heterocycles. The van der Waals surface area contributed by atoms with E-state index in [1.165, 1.54) is 48.8 Å². The SMILES string of the molecule is [2H]N(C(=O)c1cccnc1)c1cc(NC(=O)c2[nH]c(C(F)(F)F)nc2-c2ccc(F)cc2)ccc1C. The van der Waals surface area contributed by atoms with Crippen LogP contribution in [0.5, 0.6) is 0 Å². The molecule has 2 heterocycles. The summed E-state index contributed by atoms with van der Waals surface area (Å²) in [5, 5.41) is 3.09. The molecular formula is C24H17F4N5O2. The van der Waals surface area contributed by atoms with Gasteiger partial charge < -0.3 is 15.6 Å². The molecule has 0 spiro atoms. The summed E-state index contributed by atoms with van der Waals surface area (Å²) in [5.74, 6) is -3.63. The third-order valence-electron chi connectivity index (χ3n) is 4.91. The van der Waals surface area contributed by atoms with Gasteiger partial charge in [-0.1, -0.05) is 6.07 Å². The molecule has 0 aliphatic rings. The van der Waals surface area contributed by atoms with Crippen molar-refractivity contribution in [2.24, 2.45) is 0 Å². The summed E-state index contributed by atoms with van der Waals surface area (Å²) in [6.45, 7) is 1.65. The van der Waals surface area contributed by atoms with E-state index < -0.39 is 35.3 Å². The maximum absolute atomic E-state index is 13.3. The molecule has 35 heavy (non-hydrogen) atoms. The number of amides is 2. The highest BCUT2D eigenvalue weighted by Crippen LogP contribution is 2.32. The van der Waals surface area contributed by atoms with Crippen LogP contribution in [0.15, 0.2) is 67.0 Å². The van der Waals surface area contributed by atoms with Crippen molar-refractivity contribution in [3.8, 4) is 11.3 Å². The summed E-state index contributed by atoms with van der Waals surface area (Å²) in [5.41, 5.74) is 0.241. The van der Waals surface area contributed by atoms with Crippen LogP contribution >= 0.6 is 0 Å². The van der Waals surface area contributed by atoms with E-state index in [9.17, 15) is 27.2 Å². The van der Waals surface area contributed by atoms with Crippen molar-refractivity contribution in [2.45, 2.75) is 13.1 Å². The number of rotatable bonds is 5. The van der Waals surface area contributed by atoms with Gasteiger partial charge in [-0.2, -0.15) is 13.2 Å². The molecule has 178 valence electrons. The van der Waals surface area contributed by atoms with Gasteiger partial charge in [0.1, 0.15) is 17.2 Å². The van der Waals surface area contributed by atoms with Crippen LogP contribution in [0.4, 0.5) is 28.9 Å². The third-order valence-corrected chi connectivity index (χ3v) is 4.91. The summed E-state index contributed by atoms with van der Waals surface area (Å²) >= 11 is 0. The van der Waals surface area contributed by atoms with E-state index in [1.807, 2.05) is 4.98 Å². The van der Waals surface area contributed by atoms with Gasteiger partial charge in [0.15, 0.2) is 1.41 Å². The average molecular weight is 484 g/mol. The fourth-order valence-corrected chi connectivity index (χ4v) is 3.15. The van der Waals surface area contributed by atoms with Crippen molar-refractivity contribution in [1.29, 1.82) is 0 Å². The number of halogens is 4. The topological polar surface area (TPSA) is 99.8 Å². The Hall–Kier alpha value is -4.54. The monoisotopic (exact) mass is 484 g/mol. The number of carbonyl (C=O) groups excluding carboxylic acids is 2. The summed E-state index contributed by atoms with van der Waals surface area (Å²) in [4.78, 5) is 35.0. The quantitative estimate of drug-likeness (QED) is 0.328. The van der Waals surface area contributed by atoms with E-state index in [0.29, 0.717) is 10.9 Å². The van der Waals surface area contributed by atoms with Gasteiger partial charge in [0, 0.05) is 29.3 Å². The Morgan fingerprint density at radius 2 is 1.80 bits per heavy atom. The van der Waals surface area contributed by atoms with Crippen LogP contribution in [-0.2, 0) is 6.18 Å². The van der Waals surface area contributed by atoms with Crippen LogP contribution in [0.25, 0.3) is 11.3 Å². The number of nitrogens with one attached hydrogen (secondary N) is 3. The molecule has 0 saturated carbocycles. The number of aryl methyl sites for hydroxylation is 1. The zero-order valence-electron chi connectivity index (χ0n) is 19.0. The maximum Gasteiger partial charge on any atom is 0.449 e. The first-order valence-corrected chi connectivity index (χ1v) is 10.1. The molecular weight excluding hydrogens is 466 g/mol. The Morgan fingerprint density at radius 3 is 2.46 bits per heavy atom. The first kappa shape index (κ1) is 22.3. The number of carbonyl (C=O) groups is 2. The number of nitrogens with zero attached hydrogens (tertiary/aromatic N) is 2. The molecule has 0 radical (unpaired) electrons. The van der Waals surface area contributed by atoms with Crippen molar-refractivity contribution in [1.82, 2.24) is 15.0 Å². The highest BCUT2D eigenvalue weighted by Gasteiger charge is 2.37. The van der Waals surface area contributed by atoms with Crippen LogP contribution in [0, 0.1) is 12.7 Å². The van der Waals surface area contributed by atoms with Gasteiger partial charge in [0.25, 0.3) is 11.8 Å². The van der Waals surface area contributed by atoms with Gasteiger partial charge in [-0.15, -0.1) is 0 Å². The molecule has 4 aromatic rings. The number of H-pyrrole nitrogens is 1. The van der Waals surface area contributed by atoms with Crippen LogP contribution < -0.4 is 10.6 Å². The predicted octanol–water partition coefficient (Wildman–Crippen LogP) is 5.44. The smallest absolute Gasteiger partial charge is 0.330 e. The number of aromatic amines is 1. The Morgan fingerprint density at radius 1 is 1.06 bits per heavy atom. The summed E-state index contributed by atoms with van der Waals surface area (Å²) in [6.07, 6.45) is -2.08.